The molecule has 1 amide bonds. The van der Waals surface area contributed by atoms with Crippen molar-refractivity contribution in [3.63, 3.8) is 0 Å². The van der Waals surface area contributed by atoms with E-state index in [1.165, 1.54) is 48.5 Å². The molecule has 3 rings (SSSR count). The molecule has 0 bridgehead atoms. The van der Waals surface area contributed by atoms with Crippen LogP contribution in [0.15, 0.2) is 64.6 Å². The summed E-state index contributed by atoms with van der Waals surface area (Å²) in [6.45, 7) is 0. The first-order valence-corrected chi connectivity index (χ1v) is 9.06. The van der Waals surface area contributed by atoms with Gasteiger partial charge < -0.3 is 19.9 Å². The standard InChI is InChI=1S/C22H13ClN2O6/c23-18-6-4-12(10-17(18)22(29)30)19-7-5-16(31-19)9-14(11-24)20(26)25-15-3-1-2-13(8-15)21(27)28/h1-10H,(H,25,26)(H,27,28)(H,29,30)/b14-9+. The van der Waals surface area contributed by atoms with Gasteiger partial charge in [0.05, 0.1) is 16.1 Å². The van der Waals surface area contributed by atoms with Crippen LogP contribution < -0.4 is 5.32 Å². The first-order valence-electron chi connectivity index (χ1n) is 8.68. The van der Waals surface area contributed by atoms with Crippen molar-refractivity contribution >= 4 is 41.2 Å². The highest BCUT2D eigenvalue weighted by atomic mass is 35.5. The Morgan fingerprint density at radius 1 is 1.03 bits per heavy atom. The van der Waals surface area contributed by atoms with Gasteiger partial charge in [0.25, 0.3) is 5.91 Å². The van der Waals surface area contributed by atoms with Crippen LogP contribution in [0.25, 0.3) is 17.4 Å². The fraction of sp³-hybridized carbons (Fsp3) is 0. The van der Waals surface area contributed by atoms with Gasteiger partial charge in [0.1, 0.15) is 23.2 Å². The van der Waals surface area contributed by atoms with Crippen molar-refractivity contribution in [3.8, 4) is 17.4 Å². The van der Waals surface area contributed by atoms with Crippen LogP contribution in [0, 0.1) is 11.3 Å². The minimum Gasteiger partial charge on any atom is -0.478 e. The van der Waals surface area contributed by atoms with E-state index in [-0.39, 0.29) is 33.2 Å². The van der Waals surface area contributed by atoms with E-state index in [1.807, 2.05) is 0 Å². The van der Waals surface area contributed by atoms with E-state index in [2.05, 4.69) is 5.32 Å². The number of amides is 1. The molecular formula is C22H13ClN2O6. The number of carbonyl (C=O) groups excluding carboxylic acids is 1. The number of rotatable bonds is 6. The zero-order valence-electron chi connectivity index (χ0n) is 15.6. The predicted molar refractivity (Wildman–Crippen MR) is 112 cm³/mol. The van der Waals surface area contributed by atoms with Gasteiger partial charge in [-0.25, -0.2) is 9.59 Å². The largest absolute Gasteiger partial charge is 0.478 e. The third-order valence-corrected chi connectivity index (χ3v) is 4.46. The third kappa shape index (κ3) is 4.98. The van der Waals surface area contributed by atoms with Crippen molar-refractivity contribution in [2.24, 2.45) is 0 Å². The number of hydrogen-bond acceptors (Lipinski definition) is 5. The Morgan fingerprint density at radius 2 is 1.81 bits per heavy atom. The lowest BCUT2D eigenvalue weighted by atomic mass is 10.1. The monoisotopic (exact) mass is 436 g/mol. The van der Waals surface area contributed by atoms with E-state index in [9.17, 15) is 24.8 Å². The van der Waals surface area contributed by atoms with Gasteiger partial charge in [-0.05, 0) is 48.5 Å². The van der Waals surface area contributed by atoms with Crippen LogP contribution in [0.5, 0.6) is 0 Å². The summed E-state index contributed by atoms with van der Waals surface area (Å²) in [5.74, 6) is -2.58. The van der Waals surface area contributed by atoms with Crippen molar-refractivity contribution < 1.29 is 29.0 Å². The summed E-state index contributed by atoms with van der Waals surface area (Å²) in [6, 6.07) is 14.8. The van der Waals surface area contributed by atoms with Crippen molar-refractivity contribution in [1.29, 1.82) is 5.26 Å². The van der Waals surface area contributed by atoms with Crippen LogP contribution in [0.2, 0.25) is 5.02 Å². The van der Waals surface area contributed by atoms with E-state index in [0.717, 1.165) is 0 Å². The Hall–Kier alpha value is -4.35. The average molecular weight is 437 g/mol. The summed E-state index contributed by atoms with van der Waals surface area (Å²) >= 11 is 5.87. The van der Waals surface area contributed by atoms with Crippen molar-refractivity contribution in [1.82, 2.24) is 0 Å². The number of halogens is 1. The van der Waals surface area contributed by atoms with Crippen LogP contribution in [0.4, 0.5) is 5.69 Å². The van der Waals surface area contributed by atoms with Gasteiger partial charge in [-0.3, -0.25) is 4.79 Å². The van der Waals surface area contributed by atoms with Crippen LogP contribution in [-0.4, -0.2) is 28.1 Å². The minimum absolute atomic E-state index is 0.0142. The smallest absolute Gasteiger partial charge is 0.337 e. The molecule has 3 N–H and O–H groups in total. The Morgan fingerprint density at radius 3 is 2.48 bits per heavy atom. The summed E-state index contributed by atoms with van der Waals surface area (Å²) in [5.41, 5.74) is 0.292. The molecule has 0 unspecified atom stereocenters. The molecule has 0 fully saturated rings. The third-order valence-electron chi connectivity index (χ3n) is 4.13. The maximum atomic E-state index is 12.4. The molecule has 0 radical (unpaired) electrons. The Labute approximate surface area is 180 Å². The molecule has 0 aliphatic carbocycles. The molecule has 154 valence electrons. The van der Waals surface area contributed by atoms with Gasteiger partial charge in [0.15, 0.2) is 0 Å². The molecule has 8 nitrogen and oxygen atoms in total. The fourth-order valence-electron chi connectivity index (χ4n) is 2.65. The van der Waals surface area contributed by atoms with Gasteiger partial charge in [-0.1, -0.05) is 17.7 Å². The highest BCUT2D eigenvalue weighted by molar-refractivity contribution is 6.33. The molecule has 0 spiro atoms. The molecule has 1 aromatic heterocycles. The molecule has 0 aliphatic heterocycles. The zero-order chi connectivity index (χ0) is 22.5. The van der Waals surface area contributed by atoms with Crippen LogP contribution in [0.1, 0.15) is 26.5 Å². The second kappa shape index (κ2) is 8.98. The summed E-state index contributed by atoms with van der Waals surface area (Å²) in [5, 5.41) is 30.1. The van der Waals surface area contributed by atoms with Gasteiger partial charge in [-0.2, -0.15) is 5.26 Å². The molecule has 9 heteroatoms. The number of nitriles is 1. The predicted octanol–water partition coefficient (Wildman–Crippen LogP) is 4.54. The minimum atomic E-state index is -1.19. The first kappa shape index (κ1) is 21.4. The number of aromatic carboxylic acids is 2. The number of anilines is 1. The molecule has 0 saturated heterocycles. The summed E-state index contributed by atoms with van der Waals surface area (Å²) in [4.78, 5) is 34.7. The maximum absolute atomic E-state index is 12.4. The normalized spacial score (nSPS) is 10.9. The molecule has 0 saturated carbocycles. The van der Waals surface area contributed by atoms with E-state index in [4.69, 9.17) is 21.1 Å². The second-order valence-corrected chi connectivity index (χ2v) is 6.62. The van der Waals surface area contributed by atoms with Gasteiger partial charge in [-0.15, -0.1) is 0 Å². The molecule has 0 aliphatic rings. The quantitative estimate of drug-likeness (QED) is 0.380. The zero-order valence-corrected chi connectivity index (χ0v) is 16.4. The molecule has 31 heavy (non-hydrogen) atoms. The average Bonchev–Trinajstić information content (AvgIpc) is 3.20. The number of benzene rings is 2. The molecule has 1 heterocycles. The van der Waals surface area contributed by atoms with E-state index in [1.54, 1.807) is 18.2 Å². The molecule has 0 atom stereocenters. The molecular weight excluding hydrogens is 424 g/mol. The molecule has 2 aromatic carbocycles. The second-order valence-electron chi connectivity index (χ2n) is 6.21. The SMILES string of the molecule is N#C/C(=C\c1ccc(-c2ccc(Cl)c(C(=O)O)c2)o1)C(=O)Nc1cccc(C(=O)O)c1. The van der Waals surface area contributed by atoms with Gasteiger partial charge in [0.2, 0.25) is 0 Å². The van der Waals surface area contributed by atoms with Gasteiger partial charge >= 0.3 is 11.9 Å². The van der Waals surface area contributed by atoms with Gasteiger partial charge in [0, 0.05) is 17.3 Å². The topological polar surface area (TPSA) is 141 Å². The number of furan rings is 1. The van der Waals surface area contributed by atoms with E-state index < -0.39 is 17.8 Å². The maximum Gasteiger partial charge on any atom is 0.337 e. The van der Waals surface area contributed by atoms with Crippen molar-refractivity contribution in [3.05, 3.63) is 82.1 Å². The van der Waals surface area contributed by atoms with Crippen molar-refractivity contribution in [2.45, 2.75) is 0 Å². The van der Waals surface area contributed by atoms with Crippen LogP contribution in [0.3, 0.4) is 0 Å². The highest BCUT2D eigenvalue weighted by Crippen LogP contribution is 2.27. The van der Waals surface area contributed by atoms with E-state index >= 15 is 0 Å². The summed E-state index contributed by atoms with van der Waals surface area (Å²) in [7, 11) is 0. The highest BCUT2D eigenvalue weighted by Gasteiger charge is 2.14. The Bertz CT molecular complexity index is 1270. The van der Waals surface area contributed by atoms with E-state index in [0.29, 0.717) is 11.3 Å². The Balaban J connectivity index is 1.83. The number of carbonyl (C=O) groups is 3. The number of carboxylic acid groups (broad SMARTS) is 2. The lowest BCUT2D eigenvalue weighted by Crippen LogP contribution is -2.13. The Kier molecular flexibility index (Phi) is 6.19. The fourth-order valence-corrected chi connectivity index (χ4v) is 2.85. The van der Waals surface area contributed by atoms with Crippen LogP contribution in [-0.2, 0) is 4.79 Å². The van der Waals surface area contributed by atoms with Crippen molar-refractivity contribution in [2.75, 3.05) is 5.32 Å². The number of carboxylic acids is 2. The summed E-state index contributed by atoms with van der Waals surface area (Å²) in [6.07, 6.45) is 1.22. The number of nitrogens with one attached hydrogen (secondary N) is 1. The lowest BCUT2D eigenvalue weighted by molar-refractivity contribution is -0.112. The number of hydrogen-bond donors (Lipinski definition) is 3. The summed E-state index contributed by atoms with van der Waals surface area (Å²) < 4.78 is 5.61. The first-order chi connectivity index (χ1) is 14.8. The molecule has 3 aromatic rings. The lowest BCUT2D eigenvalue weighted by Gasteiger charge is -2.05. The number of nitrogens with zero attached hydrogens (tertiary/aromatic N) is 1. The van der Waals surface area contributed by atoms with Crippen LogP contribution >= 0.6 is 11.6 Å².